The molecule has 1 saturated heterocycles. The Kier molecular flexibility index (Phi) is 7.09. The van der Waals surface area contributed by atoms with Crippen molar-refractivity contribution in [2.45, 2.75) is 33.0 Å². The third kappa shape index (κ3) is 6.17. The summed E-state index contributed by atoms with van der Waals surface area (Å²) < 4.78 is 45.8. The fourth-order valence-electron chi connectivity index (χ4n) is 2.77. The number of primary amides is 1. The first-order chi connectivity index (χ1) is 13.8. The van der Waals surface area contributed by atoms with E-state index in [-0.39, 0.29) is 37.4 Å². The average Bonchev–Trinajstić information content (AvgIpc) is 2.60. The predicted molar refractivity (Wildman–Crippen MR) is 104 cm³/mol. The summed E-state index contributed by atoms with van der Waals surface area (Å²) in [6.45, 7) is 5.88. The third-order valence-corrected chi connectivity index (χ3v) is 4.25. The molecule has 0 unspecified atom stereocenters. The number of hydrogen-bond donors (Lipinski definition) is 3. The molecule has 1 aromatic carbocycles. The second-order valence-corrected chi connectivity index (χ2v) is 8.09. The number of hydrogen-bond acceptors (Lipinski definition) is 5. The lowest BCUT2D eigenvalue weighted by molar-refractivity contribution is -0.137. The normalized spacial score (nSPS) is 16.3. The smallest absolute Gasteiger partial charge is 0.370 e. The van der Waals surface area contributed by atoms with E-state index in [4.69, 9.17) is 10.5 Å². The Hall–Kier alpha value is -2.66. The first-order valence-corrected chi connectivity index (χ1v) is 9.22. The van der Waals surface area contributed by atoms with Gasteiger partial charge in [-0.05, 0) is 23.6 Å². The lowest BCUT2D eigenvalue weighted by atomic mass is 9.96. The summed E-state index contributed by atoms with van der Waals surface area (Å²) in [5.41, 5.74) is 3.29. The van der Waals surface area contributed by atoms with Crippen molar-refractivity contribution < 1.29 is 32.3 Å². The molecule has 3 amide bonds. The minimum atomic E-state index is -4.81. The van der Waals surface area contributed by atoms with Crippen LogP contribution < -0.4 is 21.3 Å². The fourth-order valence-corrected chi connectivity index (χ4v) is 2.77. The molecule has 4 N–H and O–H groups in total. The van der Waals surface area contributed by atoms with Crippen molar-refractivity contribution >= 4 is 29.1 Å². The SMILES string of the molecule is CC(C)(C)CN[C@H](C(N)=O)C(=O)Nc1ccc(N2CCOCC2=O)cc1C(F)(F)F. The highest BCUT2D eigenvalue weighted by Crippen LogP contribution is 2.37. The van der Waals surface area contributed by atoms with Gasteiger partial charge in [-0.3, -0.25) is 19.7 Å². The van der Waals surface area contributed by atoms with Gasteiger partial charge in [-0.25, -0.2) is 0 Å². The van der Waals surface area contributed by atoms with Crippen molar-refractivity contribution in [3.63, 3.8) is 0 Å². The maximum absolute atomic E-state index is 13.6. The zero-order valence-corrected chi connectivity index (χ0v) is 16.9. The Balaban J connectivity index is 2.30. The summed E-state index contributed by atoms with van der Waals surface area (Å²) in [6, 6.07) is 1.60. The molecule has 0 radical (unpaired) electrons. The van der Waals surface area contributed by atoms with Crippen molar-refractivity contribution in [3.05, 3.63) is 23.8 Å². The minimum absolute atomic E-state index is 0.0333. The van der Waals surface area contributed by atoms with E-state index in [9.17, 15) is 27.6 Å². The fraction of sp³-hybridized carbons (Fsp3) is 0.526. The van der Waals surface area contributed by atoms with Gasteiger partial charge in [0, 0.05) is 18.8 Å². The topological polar surface area (TPSA) is 114 Å². The standard InChI is InChI=1S/C19H25F3N4O4/c1-18(2,3)10-24-15(16(23)28)17(29)25-13-5-4-11(8-12(13)19(20,21)22)26-6-7-30-9-14(26)27/h4-5,8,15,24H,6-7,9-10H2,1-3H3,(H2,23,28)(H,25,29)/t15-/m1/s1. The van der Waals surface area contributed by atoms with E-state index in [0.717, 1.165) is 12.1 Å². The van der Waals surface area contributed by atoms with E-state index in [1.807, 2.05) is 20.8 Å². The maximum Gasteiger partial charge on any atom is 0.418 e. The van der Waals surface area contributed by atoms with Gasteiger partial charge in [-0.2, -0.15) is 13.2 Å². The van der Waals surface area contributed by atoms with E-state index in [0.29, 0.717) is 0 Å². The largest absolute Gasteiger partial charge is 0.418 e. The number of amides is 3. The van der Waals surface area contributed by atoms with Gasteiger partial charge < -0.3 is 20.7 Å². The van der Waals surface area contributed by atoms with Crippen LogP contribution in [0, 0.1) is 5.41 Å². The molecule has 1 aliphatic rings. The molecule has 0 aliphatic carbocycles. The summed E-state index contributed by atoms with van der Waals surface area (Å²) in [5.74, 6) is -2.49. The number of benzene rings is 1. The van der Waals surface area contributed by atoms with Crippen molar-refractivity contribution in [1.29, 1.82) is 0 Å². The third-order valence-electron chi connectivity index (χ3n) is 4.25. The Labute approximate surface area is 171 Å². The van der Waals surface area contributed by atoms with Crippen LogP contribution >= 0.6 is 0 Å². The molecular formula is C19H25F3N4O4. The second-order valence-electron chi connectivity index (χ2n) is 8.09. The van der Waals surface area contributed by atoms with Crippen LogP contribution in [0.25, 0.3) is 0 Å². The highest BCUT2D eigenvalue weighted by atomic mass is 19.4. The Morgan fingerprint density at radius 1 is 1.27 bits per heavy atom. The van der Waals surface area contributed by atoms with Crippen LogP contribution in [0.1, 0.15) is 26.3 Å². The van der Waals surface area contributed by atoms with Gasteiger partial charge in [-0.15, -0.1) is 0 Å². The van der Waals surface area contributed by atoms with E-state index in [2.05, 4.69) is 10.6 Å². The van der Waals surface area contributed by atoms with Crippen LogP contribution in [0.2, 0.25) is 0 Å². The van der Waals surface area contributed by atoms with Crippen LogP contribution in [0.4, 0.5) is 24.5 Å². The molecule has 8 nitrogen and oxygen atoms in total. The van der Waals surface area contributed by atoms with Gasteiger partial charge in [0.25, 0.3) is 11.8 Å². The Bertz CT molecular complexity index is 821. The van der Waals surface area contributed by atoms with Crippen molar-refractivity contribution in [1.82, 2.24) is 5.32 Å². The number of morpholine rings is 1. The zero-order valence-electron chi connectivity index (χ0n) is 16.9. The van der Waals surface area contributed by atoms with Gasteiger partial charge in [0.05, 0.1) is 17.9 Å². The molecule has 1 fully saturated rings. The van der Waals surface area contributed by atoms with Crippen LogP contribution in [-0.2, 0) is 25.3 Å². The molecule has 11 heteroatoms. The summed E-state index contributed by atoms with van der Waals surface area (Å²) in [5, 5.41) is 4.80. The summed E-state index contributed by atoms with van der Waals surface area (Å²) in [7, 11) is 0. The number of rotatable bonds is 6. The first-order valence-electron chi connectivity index (χ1n) is 9.22. The lowest BCUT2D eigenvalue weighted by Crippen LogP contribution is -2.51. The van der Waals surface area contributed by atoms with E-state index in [1.54, 1.807) is 0 Å². The molecular weight excluding hydrogens is 405 g/mol. The molecule has 1 atom stereocenters. The van der Waals surface area contributed by atoms with E-state index in [1.165, 1.54) is 11.0 Å². The molecule has 1 heterocycles. The van der Waals surface area contributed by atoms with Crippen molar-refractivity contribution in [2.75, 3.05) is 36.5 Å². The molecule has 0 spiro atoms. The summed E-state index contributed by atoms with van der Waals surface area (Å²) in [4.78, 5) is 37.2. The number of anilines is 2. The van der Waals surface area contributed by atoms with Crippen LogP contribution in [0.3, 0.4) is 0 Å². The number of nitrogens with one attached hydrogen (secondary N) is 2. The molecule has 1 aliphatic heterocycles. The number of carbonyl (C=O) groups excluding carboxylic acids is 3. The number of halogens is 3. The number of alkyl halides is 3. The molecule has 2 rings (SSSR count). The molecule has 0 bridgehead atoms. The van der Waals surface area contributed by atoms with Crippen molar-refractivity contribution in [2.24, 2.45) is 11.1 Å². The highest BCUT2D eigenvalue weighted by Gasteiger charge is 2.36. The van der Waals surface area contributed by atoms with Crippen LogP contribution in [-0.4, -0.2) is 50.1 Å². The molecule has 1 aromatic rings. The zero-order chi connectivity index (χ0) is 22.7. The molecule has 0 aromatic heterocycles. The molecule has 166 valence electrons. The van der Waals surface area contributed by atoms with Crippen molar-refractivity contribution in [3.8, 4) is 0 Å². The minimum Gasteiger partial charge on any atom is -0.370 e. The number of nitrogens with zero attached hydrogens (tertiary/aromatic N) is 1. The monoisotopic (exact) mass is 430 g/mol. The van der Waals surface area contributed by atoms with Gasteiger partial charge in [0.15, 0.2) is 6.04 Å². The van der Waals surface area contributed by atoms with Crippen LogP contribution in [0.15, 0.2) is 18.2 Å². The number of nitrogens with two attached hydrogens (primary N) is 1. The van der Waals surface area contributed by atoms with Gasteiger partial charge >= 0.3 is 6.18 Å². The Morgan fingerprint density at radius 3 is 2.47 bits per heavy atom. The van der Waals surface area contributed by atoms with Gasteiger partial charge in [-0.1, -0.05) is 20.8 Å². The first kappa shape index (κ1) is 23.6. The van der Waals surface area contributed by atoms with E-state index < -0.39 is 41.2 Å². The second kappa shape index (κ2) is 9.00. The lowest BCUT2D eigenvalue weighted by Gasteiger charge is -2.28. The Morgan fingerprint density at radius 2 is 1.93 bits per heavy atom. The molecule has 30 heavy (non-hydrogen) atoms. The van der Waals surface area contributed by atoms with E-state index >= 15 is 0 Å². The number of ether oxygens (including phenoxy) is 1. The molecule has 0 saturated carbocycles. The quantitative estimate of drug-likeness (QED) is 0.592. The summed E-state index contributed by atoms with van der Waals surface area (Å²) in [6.07, 6.45) is -4.81. The van der Waals surface area contributed by atoms with Gasteiger partial charge in [0.2, 0.25) is 5.91 Å². The predicted octanol–water partition coefficient (Wildman–Crippen LogP) is 1.50. The summed E-state index contributed by atoms with van der Waals surface area (Å²) >= 11 is 0. The van der Waals surface area contributed by atoms with Crippen LogP contribution in [0.5, 0.6) is 0 Å². The maximum atomic E-state index is 13.6. The average molecular weight is 430 g/mol. The van der Waals surface area contributed by atoms with Gasteiger partial charge in [0.1, 0.15) is 6.61 Å². The number of carbonyl (C=O) groups is 3. The highest BCUT2D eigenvalue weighted by molar-refractivity contribution is 6.10.